The molecule has 0 radical (unpaired) electrons. The number of ether oxygens (including phenoxy) is 1. The Bertz CT molecular complexity index is 1650. The van der Waals surface area contributed by atoms with Gasteiger partial charge in [-0.2, -0.15) is 0 Å². The van der Waals surface area contributed by atoms with E-state index in [1.165, 1.54) is 28.2 Å². The molecule has 236 valence electrons. The molecule has 0 fully saturated rings. The van der Waals surface area contributed by atoms with E-state index in [9.17, 15) is 19.8 Å². The molecule has 0 aromatic heterocycles. The normalized spacial score (nSPS) is 12.9. The number of hydrogen-bond donors (Lipinski definition) is 3. The van der Waals surface area contributed by atoms with Gasteiger partial charge < -0.3 is 30.1 Å². The zero-order chi connectivity index (χ0) is 32.7. The molecular weight excluding hydrogens is 566 g/mol. The first-order valence-electron chi connectivity index (χ1n) is 15.2. The van der Waals surface area contributed by atoms with Crippen molar-refractivity contribution >= 4 is 34.6 Å². The maximum atomic E-state index is 14.0. The summed E-state index contributed by atoms with van der Waals surface area (Å²) < 4.78 is 5.78. The molecule has 3 N–H and O–H groups in total. The Balaban J connectivity index is 1.59. The SMILES string of the molecule is CC(C)=CCCC(C)=CCCC(C)=CCN1C(=O)c2cccc(OC(=O)c3ccc(N(C)C)cc3)c2Nc2c(O)cc(O)cc21. The minimum absolute atomic E-state index is 0.140. The first-order valence-corrected chi connectivity index (χ1v) is 15.2. The van der Waals surface area contributed by atoms with Crippen LogP contribution in [0.3, 0.4) is 0 Å². The van der Waals surface area contributed by atoms with E-state index >= 15 is 0 Å². The highest BCUT2D eigenvalue weighted by molar-refractivity contribution is 6.15. The molecule has 0 saturated carbocycles. The number of carbonyl (C=O) groups is 2. The number of nitrogens with zero attached hydrogens (tertiary/aromatic N) is 2. The molecule has 8 nitrogen and oxygen atoms in total. The summed E-state index contributed by atoms with van der Waals surface area (Å²) in [4.78, 5) is 30.6. The molecule has 0 aliphatic carbocycles. The Morgan fingerprint density at radius 1 is 0.889 bits per heavy atom. The van der Waals surface area contributed by atoms with Crippen LogP contribution in [-0.4, -0.2) is 42.7 Å². The van der Waals surface area contributed by atoms with Gasteiger partial charge in [-0.3, -0.25) is 4.79 Å². The highest BCUT2D eigenvalue weighted by Gasteiger charge is 2.31. The number of fused-ring (bicyclic) bond motifs is 2. The molecule has 45 heavy (non-hydrogen) atoms. The average molecular weight is 610 g/mol. The van der Waals surface area contributed by atoms with Gasteiger partial charge in [0.15, 0.2) is 5.75 Å². The van der Waals surface area contributed by atoms with Gasteiger partial charge in [0.2, 0.25) is 0 Å². The Hall–Kier alpha value is -4.98. The van der Waals surface area contributed by atoms with Crippen molar-refractivity contribution in [2.45, 2.75) is 53.4 Å². The van der Waals surface area contributed by atoms with Crippen LogP contribution in [0.5, 0.6) is 17.2 Å². The Morgan fingerprint density at radius 2 is 1.56 bits per heavy atom. The van der Waals surface area contributed by atoms with Gasteiger partial charge in [-0.1, -0.05) is 41.0 Å². The van der Waals surface area contributed by atoms with Gasteiger partial charge >= 0.3 is 5.97 Å². The fourth-order valence-corrected chi connectivity index (χ4v) is 5.06. The Kier molecular flexibility index (Phi) is 10.7. The maximum Gasteiger partial charge on any atom is 0.343 e. The minimum Gasteiger partial charge on any atom is -0.508 e. The number of para-hydroxylation sites is 1. The number of rotatable bonds is 11. The lowest BCUT2D eigenvalue weighted by Gasteiger charge is -2.22. The molecule has 1 aliphatic rings. The topological polar surface area (TPSA) is 102 Å². The number of hydrogen-bond acceptors (Lipinski definition) is 7. The molecule has 3 aromatic rings. The molecule has 8 heteroatoms. The van der Waals surface area contributed by atoms with Gasteiger partial charge in [0.25, 0.3) is 5.91 Å². The second-order valence-corrected chi connectivity index (χ2v) is 11.9. The number of allylic oxidation sites excluding steroid dienone is 5. The number of benzene rings is 3. The molecule has 0 spiro atoms. The number of amides is 1. The number of carbonyl (C=O) groups excluding carboxylic acids is 2. The lowest BCUT2D eigenvalue weighted by atomic mass is 10.1. The third-order valence-electron chi connectivity index (χ3n) is 7.69. The van der Waals surface area contributed by atoms with Crippen LogP contribution < -0.4 is 19.9 Å². The predicted octanol–water partition coefficient (Wildman–Crippen LogP) is 8.51. The van der Waals surface area contributed by atoms with Gasteiger partial charge in [-0.05, 0) is 89.8 Å². The lowest BCUT2D eigenvalue weighted by Crippen LogP contribution is -2.30. The molecule has 1 amide bonds. The van der Waals surface area contributed by atoms with Crippen LogP contribution >= 0.6 is 0 Å². The zero-order valence-electron chi connectivity index (χ0n) is 27.0. The van der Waals surface area contributed by atoms with E-state index in [1.807, 2.05) is 44.1 Å². The zero-order valence-corrected chi connectivity index (χ0v) is 27.0. The number of anilines is 4. The van der Waals surface area contributed by atoms with E-state index in [0.717, 1.165) is 36.9 Å². The van der Waals surface area contributed by atoms with Gasteiger partial charge in [0, 0.05) is 38.5 Å². The third kappa shape index (κ3) is 8.35. The van der Waals surface area contributed by atoms with Crippen LogP contribution in [0.4, 0.5) is 22.7 Å². The lowest BCUT2D eigenvalue weighted by molar-refractivity contribution is 0.0734. The minimum atomic E-state index is -0.584. The van der Waals surface area contributed by atoms with Crippen LogP contribution in [0, 0.1) is 0 Å². The fourth-order valence-electron chi connectivity index (χ4n) is 5.06. The highest BCUT2D eigenvalue weighted by Crippen LogP contribution is 2.46. The summed E-state index contributed by atoms with van der Waals surface area (Å²) in [5, 5.41) is 24.3. The highest BCUT2D eigenvalue weighted by atomic mass is 16.5. The second kappa shape index (κ2) is 14.7. The van der Waals surface area contributed by atoms with Crippen LogP contribution in [0.1, 0.15) is 74.1 Å². The molecular formula is C37H43N3O5. The summed E-state index contributed by atoms with van der Waals surface area (Å²) in [6.07, 6.45) is 10.3. The van der Waals surface area contributed by atoms with Crippen LogP contribution in [0.15, 0.2) is 89.5 Å². The van der Waals surface area contributed by atoms with Crippen molar-refractivity contribution in [3.63, 3.8) is 0 Å². The van der Waals surface area contributed by atoms with Crippen molar-refractivity contribution in [3.8, 4) is 17.2 Å². The molecule has 0 bridgehead atoms. The van der Waals surface area contributed by atoms with E-state index in [-0.39, 0.29) is 46.6 Å². The molecule has 1 aliphatic heterocycles. The number of phenolic OH excluding ortho intramolecular Hbond substituents is 2. The quantitative estimate of drug-likeness (QED) is 0.0658. The molecule has 0 saturated heterocycles. The standard InChI is InChI=1S/C37H43N3O5/c1-24(2)10-7-11-25(3)12-8-13-26(4)20-21-40-31-22-29(41)23-32(42)35(31)38-34-30(36(40)43)14-9-15-33(34)45-37(44)27-16-18-28(19-17-27)39(5)6/h9-10,12,14-20,22-23,38,41-42H,7-8,11,13,21H2,1-6H3. The molecule has 0 atom stereocenters. The largest absolute Gasteiger partial charge is 0.508 e. The van der Waals surface area contributed by atoms with Crippen molar-refractivity contribution in [1.82, 2.24) is 0 Å². The summed E-state index contributed by atoms with van der Waals surface area (Å²) in [5.74, 6) is -1.24. The molecule has 0 unspecified atom stereocenters. The average Bonchev–Trinajstić information content (AvgIpc) is 3.10. The summed E-state index contributed by atoms with van der Waals surface area (Å²) in [7, 11) is 3.83. The van der Waals surface area contributed by atoms with Crippen molar-refractivity contribution < 1.29 is 24.5 Å². The van der Waals surface area contributed by atoms with Crippen LogP contribution in [-0.2, 0) is 0 Å². The van der Waals surface area contributed by atoms with Crippen molar-refractivity contribution in [2.75, 3.05) is 35.8 Å². The van der Waals surface area contributed by atoms with Gasteiger partial charge in [-0.25, -0.2) is 4.79 Å². The van der Waals surface area contributed by atoms with Gasteiger partial charge in [0.1, 0.15) is 17.2 Å². The first kappa shape index (κ1) is 32.9. The Morgan fingerprint density at radius 3 is 2.22 bits per heavy atom. The summed E-state index contributed by atoms with van der Waals surface area (Å²) in [6.45, 7) is 8.62. The van der Waals surface area contributed by atoms with Gasteiger partial charge in [0.05, 0.1) is 22.5 Å². The summed E-state index contributed by atoms with van der Waals surface area (Å²) >= 11 is 0. The van der Waals surface area contributed by atoms with E-state index in [0.29, 0.717) is 11.3 Å². The fraction of sp³-hybridized carbons (Fsp3) is 0.297. The van der Waals surface area contributed by atoms with E-state index in [4.69, 9.17) is 4.74 Å². The van der Waals surface area contributed by atoms with E-state index < -0.39 is 5.97 Å². The molecule has 3 aromatic carbocycles. The molecule has 4 rings (SSSR count). The van der Waals surface area contributed by atoms with E-state index in [1.54, 1.807) is 30.3 Å². The third-order valence-corrected chi connectivity index (χ3v) is 7.69. The number of nitrogens with one attached hydrogen (secondary N) is 1. The predicted molar refractivity (Wildman–Crippen MR) is 182 cm³/mol. The van der Waals surface area contributed by atoms with Crippen molar-refractivity contribution in [2.24, 2.45) is 0 Å². The summed E-state index contributed by atoms with van der Waals surface area (Å²) in [6, 6.07) is 14.5. The number of esters is 1. The molecule has 1 heterocycles. The maximum absolute atomic E-state index is 14.0. The number of phenols is 2. The summed E-state index contributed by atoms with van der Waals surface area (Å²) in [5.41, 5.74) is 6.13. The number of aromatic hydroxyl groups is 2. The van der Waals surface area contributed by atoms with Crippen LogP contribution in [0.2, 0.25) is 0 Å². The van der Waals surface area contributed by atoms with E-state index in [2.05, 4.69) is 38.2 Å². The second-order valence-electron chi connectivity index (χ2n) is 11.9. The van der Waals surface area contributed by atoms with Crippen molar-refractivity contribution in [1.29, 1.82) is 0 Å². The smallest absolute Gasteiger partial charge is 0.343 e. The Labute approximate surface area is 265 Å². The monoisotopic (exact) mass is 609 g/mol. The van der Waals surface area contributed by atoms with Crippen LogP contribution in [0.25, 0.3) is 0 Å². The van der Waals surface area contributed by atoms with Gasteiger partial charge in [-0.15, -0.1) is 0 Å². The van der Waals surface area contributed by atoms with Crippen molar-refractivity contribution in [3.05, 3.63) is 101 Å². The first-order chi connectivity index (χ1) is 21.4.